The van der Waals surface area contributed by atoms with Gasteiger partial charge < -0.3 is 9.84 Å². The van der Waals surface area contributed by atoms with Crippen LogP contribution in [-0.2, 0) is 16.2 Å². The largest absolute Gasteiger partial charge is 0.490 e. The van der Waals surface area contributed by atoms with E-state index in [0.29, 0.717) is 13.1 Å². The maximum Gasteiger partial charge on any atom is 0.417 e. The number of piperazine rings is 1. The van der Waals surface area contributed by atoms with Gasteiger partial charge in [-0.3, -0.25) is 4.90 Å². The van der Waals surface area contributed by atoms with Crippen LogP contribution < -0.4 is 4.74 Å². The first-order chi connectivity index (χ1) is 15.0. The number of ether oxygens (including phenoxy) is 1. The molecule has 0 radical (unpaired) electrons. The lowest BCUT2D eigenvalue weighted by atomic mass is 10.1. The van der Waals surface area contributed by atoms with E-state index < -0.39 is 32.8 Å². The maximum atomic E-state index is 13.3. The molecule has 2 aromatic carbocycles. The van der Waals surface area contributed by atoms with E-state index in [-0.39, 0.29) is 26.2 Å². The van der Waals surface area contributed by atoms with Crippen molar-refractivity contribution in [2.75, 3.05) is 39.3 Å². The highest BCUT2D eigenvalue weighted by atomic mass is 32.2. The number of benzene rings is 2. The molecule has 1 aliphatic heterocycles. The standard InChI is InChI=1S/C22H27F3N2O4S/c1-16-6-5-7-17(2)21(16)31-15-18(28)14-26-10-12-27(13-11-26)32(29,30)20-9-4-3-8-19(20)22(23,24)25/h3-9,18,28H,10-15H2,1-2H3/t18-/m0/s1. The van der Waals surface area contributed by atoms with Gasteiger partial charge >= 0.3 is 6.18 Å². The lowest BCUT2D eigenvalue weighted by molar-refractivity contribution is -0.139. The Balaban J connectivity index is 1.57. The fourth-order valence-corrected chi connectivity index (χ4v) is 5.41. The second-order valence-electron chi connectivity index (χ2n) is 7.88. The minimum atomic E-state index is -4.76. The number of hydrogen-bond acceptors (Lipinski definition) is 5. The quantitative estimate of drug-likeness (QED) is 0.671. The first-order valence-corrected chi connectivity index (χ1v) is 11.7. The maximum absolute atomic E-state index is 13.3. The Morgan fingerprint density at radius 2 is 1.59 bits per heavy atom. The van der Waals surface area contributed by atoms with E-state index in [9.17, 15) is 26.7 Å². The molecular weight excluding hydrogens is 445 g/mol. The van der Waals surface area contributed by atoms with Gasteiger partial charge in [-0.15, -0.1) is 0 Å². The molecule has 0 aliphatic carbocycles. The topological polar surface area (TPSA) is 70.1 Å². The SMILES string of the molecule is Cc1cccc(C)c1OC[C@@H](O)CN1CCN(S(=O)(=O)c2ccccc2C(F)(F)F)CC1. The van der Waals surface area contributed by atoms with Crippen molar-refractivity contribution in [3.05, 3.63) is 59.2 Å². The summed E-state index contributed by atoms with van der Waals surface area (Å²) in [6, 6.07) is 9.98. The molecule has 1 saturated heterocycles. The highest BCUT2D eigenvalue weighted by Gasteiger charge is 2.39. The summed E-state index contributed by atoms with van der Waals surface area (Å²) >= 11 is 0. The fraction of sp³-hybridized carbons (Fsp3) is 0.455. The first-order valence-electron chi connectivity index (χ1n) is 10.3. The van der Waals surface area contributed by atoms with E-state index in [4.69, 9.17) is 4.74 Å². The monoisotopic (exact) mass is 472 g/mol. The minimum absolute atomic E-state index is 0.0407. The van der Waals surface area contributed by atoms with Crippen molar-refractivity contribution in [1.82, 2.24) is 9.21 Å². The third kappa shape index (κ3) is 5.61. The van der Waals surface area contributed by atoms with Crippen LogP contribution in [0.5, 0.6) is 5.75 Å². The molecule has 10 heteroatoms. The van der Waals surface area contributed by atoms with Crippen molar-refractivity contribution in [2.24, 2.45) is 0 Å². The Hall–Kier alpha value is -2.14. The number of nitrogens with zero attached hydrogens (tertiary/aromatic N) is 2. The average Bonchev–Trinajstić information content (AvgIpc) is 2.73. The van der Waals surface area contributed by atoms with Crippen molar-refractivity contribution in [2.45, 2.75) is 31.0 Å². The molecule has 1 N–H and O–H groups in total. The number of sulfonamides is 1. The molecular formula is C22H27F3N2O4S. The third-order valence-electron chi connectivity index (χ3n) is 5.44. The van der Waals surface area contributed by atoms with Crippen molar-refractivity contribution in [3.63, 3.8) is 0 Å². The number of para-hydroxylation sites is 1. The van der Waals surface area contributed by atoms with Crippen LogP contribution in [0.2, 0.25) is 0 Å². The van der Waals surface area contributed by atoms with E-state index in [1.807, 2.05) is 36.9 Å². The Kier molecular flexibility index (Phi) is 7.49. The third-order valence-corrected chi connectivity index (χ3v) is 7.40. The zero-order valence-electron chi connectivity index (χ0n) is 18.0. The van der Waals surface area contributed by atoms with Crippen molar-refractivity contribution < 1.29 is 31.4 Å². The van der Waals surface area contributed by atoms with Gasteiger partial charge in [-0.25, -0.2) is 8.42 Å². The molecule has 0 amide bonds. The molecule has 1 aliphatic rings. The molecule has 2 aromatic rings. The number of rotatable bonds is 7. The van der Waals surface area contributed by atoms with Crippen LogP contribution in [0.25, 0.3) is 0 Å². The van der Waals surface area contributed by atoms with Gasteiger partial charge in [-0.2, -0.15) is 17.5 Å². The van der Waals surface area contributed by atoms with E-state index in [1.165, 1.54) is 12.1 Å². The van der Waals surface area contributed by atoms with Gasteiger partial charge in [-0.1, -0.05) is 30.3 Å². The van der Waals surface area contributed by atoms with Crippen LogP contribution in [0.3, 0.4) is 0 Å². The van der Waals surface area contributed by atoms with Gasteiger partial charge in [0.15, 0.2) is 0 Å². The summed E-state index contributed by atoms with van der Waals surface area (Å²) < 4.78 is 72.3. The van der Waals surface area contributed by atoms with Crippen LogP contribution in [0.4, 0.5) is 13.2 Å². The molecule has 0 aromatic heterocycles. The van der Waals surface area contributed by atoms with Gasteiger partial charge in [0.2, 0.25) is 10.0 Å². The number of aliphatic hydroxyl groups excluding tert-OH is 1. The Morgan fingerprint density at radius 3 is 2.19 bits per heavy atom. The average molecular weight is 473 g/mol. The number of halogens is 3. The molecule has 0 spiro atoms. The van der Waals surface area contributed by atoms with Crippen LogP contribution in [0.1, 0.15) is 16.7 Å². The van der Waals surface area contributed by atoms with Crippen LogP contribution in [0, 0.1) is 13.8 Å². The number of alkyl halides is 3. The zero-order chi connectivity index (χ0) is 23.5. The van der Waals surface area contributed by atoms with Gasteiger partial charge in [0.25, 0.3) is 0 Å². The number of β-amino-alcohol motifs (C(OH)–C–C–N with tert-alkyl or cyclic N) is 1. The van der Waals surface area contributed by atoms with Gasteiger partial charge in [0.05, 0.1) is 10.5 Å². The molecule has 1 atom stereocenters. The second kappa shape index (κ2) is 9.78. The molecule has 32 heavy (non-hydrogen) atoms. The van der Waals surface area contributed by atoms with Crippen LogP contribution in [0.15, 0.2) is 47.4 Å². The van der Waals surface area contributed by atoms with Crippen LogP contribution >= 0.6 is 0 Å². The van der Waals surface area contributed by atoms with E-state index in [2.05, 4.69) is 0 Å². The summed E-state index contributed by atoms with van der Waals surface area (Å²) in [5.41, 5.74) is 0.770. The van der Waals surface area contributed by atoms with Crippen molar-refractivity contribution in [3.8, 4) is 5.75 Å². The van der Waals surface area contributed by atoms with E-state index in [0.717, 1.165) is 33.3 Å². The predicted octanol–water partition coefficient (Wildman–Crippen LogP) is 3.07. The molecule has 176 valence electrons. The smallest absolute Gasteiger partial charge is 0.417 e. The van der Waals surface area contributed by atoms with Gasteiger partial charge in [0, 0.05) is 32.7 Å². The fourth-order valence-electron chi connectivity index (χ4n) is 3.77. The van der Waals surface area contributed by atoms with Crippen molar-refractivity contribution in [1.29, 1.82) is 0 Å². The van der Waals surface area contributed by atoms with Crippen LogP contribution in [-0.4, -0.2) is 68.2 Å². The summed E-state index contributed by atoms with van der Waals surface area (Å²) in [5.74, 6) is 0.728. The number of aryl methyl sites for hydroxylation is 2. The molecule has 0 saturated carbocycles. The second-order valence-corrected chi connectivity index (χ2v) is 9.79. The molecule has 3 rings (SSSR count). The lowest BCUT2D eigenvalue weighted by Gasteiger charge is -2.35. The molecule has 1 heterocycles. The molecule has 6 nitrogen and oxygen atoms in total. The Labute approximate surface area is 186 Å². The minimum Gasteiger partial charge on any atom is -0.490 e. The van der Waals surface area contributed by atoms with Gasteiger partial charge in [-0.05, 0) is 37.1 Å². The van der Waals surface area contributed by atoms with E-state index in [1.54, 1.807) is 0 Å². The summed E-state index contributed by atoms with van der Waals surface area (Å²) in [4.78, 5) is 1.14. The molecule has 0 unspecified atom stereocenters. The summed E-state index contributed by atoms with van der Waals surface area (Å²) in [7, 11) is -4.28. The summed E-state index contributed by atoms with van der Waals surface area (Å²) in [6.07, 6.45) is -5.55. The summed E-state index contributed by atoms with van der Waals surface area (Å²) in [6.45, 7) is 4.89. The van der Waals surface area contributed by atoms with Gasteiger partial charge in [0.1, 0.15) is 18.5 Å². The highest BCUT2D eigenvalue weighted by molar-refractivity contribution is 7.89. The normalized spacial score (nSPS) is 17.3. The molecule has 0 bridgehead atoms. The molecule has 1 fully saturated rings. The van der Waals surface area contributed by atoms with E-state index >= 15 is 0 Å². The Bertz CT molecular complexity index is 1020. The first kappa shape index (κ1) is 24.5. The van der Waals surface area contributed by atoms with Crippen molar-refractivity contribution >= 4 is 10.0 Å². The zero-order valence-corrected chi connectivity index (χ0v) is 18.8. The highest BCUT2D eigenvalue weighted by Crippen LogP contribution is 2.35. The Morgan fingerprint density at radius 1 is 1.00 bits per heavy atom. The number of hydrogen-bond donors (Lipinski definition) is 1. The number of aliphatic hydroxyl groups is 1. The predicted molar refractivity (Wildman–Crippen MR) is 114 cm³/mol. The lowest BCUT2D eigenvalue weighted by Crippen LogP contribution is -2.51. The summed E-state index contributed by atoms with van der Waals surface area (Å²) in [5, 5.41) is 10.4.